The SMILES string of the molecule is CC(C)(CCCO)CNC(=O)CCOc1ccc(Br)cc1. The summed E-state index contributed by atoms with van der Waals surface area (Å²) in [6, 6.07) is 7.53. The zero-order chi connectivity index (χ0) is 15.7. The van der Waals surface area contributed by atoms with Crippen LogP contribution in [0.4, 0.5) is 0 Å². The smallest absolute Gasteiger partial charge is 0.223 e. The highest BCUT2D eigenvalue weighted by atomic mass is 79.9. The van der Waals surface area contributed by atoms with Crippen molar-refractivity contribution < 1.29 is 14.6 Å². The van der Waals surface area contributed by atoms with Gasteiger partial charge in [-0.1, -0.05) is 29.8 Å². The van der Waals surface area contributed by atoms with Gasteiger partial charge in [0, 0.05) is 17.6 Å². The van der Waals surface area contributed by atoms with Gasteiger partial charge in [0.2, 0.25) is 5.91 Å². The van der Waals surface area contributed by atoms with Gasteiger partial charge in [0.25, 0.3) is 0 Å². The third-order valence-electron chi connectivity index (χ3n) is 3.19. The molecule has 118 valence electrons. The molecule has 0 radical (unpaired) electrons. The number of aliphatic hydroxyl groups is 1. The number of amides is 1. The monoisotopic (exact) mass is 357 g/mol. The van der Waals surface area contributed by atoms with Gasteiger partial charge in [-0.15, -0.1) is 0 Å². The third kappa shape index (κ3) is 8.07. The minimum atomic E-state index is -0.0100. The van der Waals surface area contributed by atoms with Crippen LogP contribution in [0, 0.1) is 5.41 Å². The number of hydrogen-bond acceptors (Lipinski definition) is 3. The minimum absolute atomic E-state index is 0.00491. The number of halogens is 1. The molecule has 21 heavy (non-hydrogen) atoms. The number of ether oxygens (including phenoxy) is 1. The topological polar surface area (TPSA) is 58.6 Å². The molecule has 0 bridgehead atoms. The summed E-state index contributed by atoms with van der Waals surface area (Å²) in [5.74, 6) is 0.749. The summed E-state index contributed by atoms with van der Waals surface area (Å²) in [6.07, 6.45) is 1.99. The first-order chi connectivity index (χ1) is 9.93. The second-order valence-electron chi connectivity index (χ2n) is 5.82. The third-order valence-corrected chi connectivity index (χ3v) is 3.72. The normalized spacial score (nSPS) is 11.2. The molecule has 0 aliphatic rings. The fourth-order valence-corrected chi connectivity index (χ4v) is 2.13. The fraction of sp³-hybridized carbons (Fsp3) is 0.562. The van der Waals surface area contributed by atoms with Crippen molar-refractivity contribution in [2.24, 2.45) is 5.41 Å². The first-order valence-electron chi connectivity index (χ1n) is 7.19. The van der Waals surface area contributed by atoms with E-state index in [1.165, 1.54) is 0 Å². The van der Waals surface area contributed by atoms with E-state index in [9.17, 15) is 4.79 Å². The molecule has 1 aromatic rings. The summed E-state index contributed by atoms with van der Waals surface area (Å²) < 4.78 is 6.51. The Hall–Kier alpha value is -1.07. The maximum atomic E-state index is 11.8. The van der Waals surface area contributed by atoms with Gasteiger partial charge in [0.1, 0.15) is 5.75 Å². The average molecular weight is 358 g/mol. The molecule has 0 aliphatic heterocycles. The molecule has 0 fully saturated rings. The molecule has 0 aliphatic carbocycles. The Bertz CT molecular complexity index is 432. The van der Waals surface area contributed by atoms with Crippen LogP contribution >= 0.6 is 15.9 Å². The molecular weight excluding hydrogens is 334 g/mol. The number of rotatable bonds is 9. The first-order valence-corrected chi connectivity index (χ1v) is 7.98. The molecule has 0 saturated heterocycles. The van der Waals surface area contributed by atoms with Crippen LogP contribution in [0.15, 0.2) is 28.7 Å². The van der Waals surface area contributed by atoms with E-state index in [-0.39, 0.29) is 17.9 Å². The number of carbonyl (C=O) groups excluding carboxylic acids is 1. The summed E-state index contributed by atoms with van der Waals surface area (Å²) >= 11 is 3.36. The Morgan fingerprint density at radius 3 is 2.62 bits per heavy atom. The average Bonchev–Trinajstić information content (AvgIpc) is 2.45. The highest BCUT2D eigenvalue weighted by Gasteiger charge is 2.18. The van der Waals surface area contributed by atoms with Crippen molar-refractivity contribution in [3.8, 4) is 5.75 Å². The van der Waals surface area contributed by atoms with E-state index < -0.39 is 0 Å². The molecule has 0 atom stereocenters. The molecule has 1 rings (SSSR count). The zero-order valence-corrected chi connectivity index (χ0v) is 14.3. The number of hydrogen-bond donors (Lipinski definition) is 2. The van der Waals surface area contributed by atoms with Crippen LogP contribution in [0.1, 0.15) is 33.1 Å². The van der Waals surface area contributed by atoms with Crippen LogP contribution in [-0.4, -0.2) is 30.8 Å². The molecule has 0 spiro atoms. The van der Waals surface area contributed by atoms with Gasteiger partial charge in [0.15, 0.2) is 0 Å². The Labute approximate surface area is 135 Å². The van der Waals surface area contributed by atoms with E-state index in [2.05, 4.69) is 35.1 Å². The van der Waals surface area contributed by atoms with Gasteiger partial charge in [-0.2, -0.15) is 0 Å². The standard InChI is InChI=1S/C16H24BrNO3/c1-16(2,9-3-10-19)12-18-15(20)8-11-21-14-6-4-13(17)5-7-14/h4-7,19H,3,8-12H2,1-2H3,(H,18,20). The lowest BCUT2D eigenvalue weighted by Gasteiger charge is -2.24. The minimum Gasteiger partial charge on any atom is -0.493 e. The second-order valence-corrected chi connectivity index (χ2v) is 6.74. The van der Waals surface area contributed by atoms with E-state index in [0.717, 1.165) is 23.1 Å². The highest BCUT2D eigenvalue weighted by Crippen LogP contribution is 2.20. The largest absolute Gasteiger partial charge is 0.493 e. The van der Waals surface area contributed by atoms with Crippen LogP contribution < -0.4 is 10.1 Å². The molecule has 1 aromatic carbocycles. The van der Waals surface area contributed by atoms with Gasteiger partial charge in [-0.25, -0.2) is 0 Å². The van der Waals surface area contributed by atoms with Crippen LogP contribution in [0.5, 0.6) is 5.75 Å². The Morgan fingerprint density at radius 2 is 2.00 bits per heavy atom. The van der Waals surface area contributed by atoms with Crippen molar-refractivity contribution in [2.45, 2.75) is 33.1 Å². The van der Waals surface area contributed by atoms with Gasteiger partial charge in [0.05, 0.1) is 13.0 Å². The summed E-state index contributed by atoms with van der Waals surface area (Å²) in [5.41, 5.74) is 0.00491. The lowest BCUT2D eigenvalue weighted by molar-refractivity contribution is -0.122. The van der Waals surface area contributed by atoms with E-state index in [4.69, 9.17) is 9.84 Å². The summed E-state index contributed by atoms with van der Waals surface area (Å²) in [6.45, 7) is 5.34. The number of carbonyl (C=O) groups is 1. The molecule has 0 heterocycles. The van der Waals surface area contributed by atoms with Crippen molar-refractivity contribution >= 4 is 21.8 Å². The van der Waals surface area contributed by atoms with Gasteiger partial charge in [-0.05, 0) is 42.5 Å². The predicted octanol–water partition coefficient (Wildman–Crippen LogP) is 3.13. The summed E-state index contributed by atoms with van der Waals surface area (Å²) in [4.78, 5) is 11.8. The molecule has 0 unspecified atom stereocenters. The highest BCUT2D eigenvalue weighted by molar-refractivity contribution is 9.10. The van der Waals surface area contributed by atoms with E-state index in [1.807, 2.05) is 24.3 Å². The maximum Gasteiger partial charge on any atom is 0.223 e. The Kier molecular flexibility index (Phi) is 7.75. The van der Waals surface area contributed by atoms with E-state index in [0.29, 0.717) is 19.6 Å². The summed E-state index contributed by atoms with van der Waals surface area (Å²) in [5, 5.41) is 11.8. The Morgan fingerprint density at radius 1 is 1.33 bits per heavy atom. The first kappa shape index (κ1) is 18.0. The van der Waals surface area contributed by atoms with Crippen molar-refractivity contribution in [1.82, 2.24) is 5.32 Å². The van der Waals surface area contributed by atoms with Crippen molar-refractivity contribution in [1.29, 1.82) is 0 Å². The molecule has 5 heteroatoms. The second kappa shape index (κ2) is 9.05. The lowest BCUT2D eigenvalue weighted by atomic mass is 9.88. The van der Waals surface area contributed by atoms with Crippen molar-refractivity contribution in [3.63, 3.8) is 0 Å². The van der Waals surface area contributed by atoms with Gasteiger partial charge >= 0.3 is 0 Å². The molecule has 2 N–H and O–H groups in total. The van der Waals surface area contributed by atoms with Crippen LogP contribution in [0.25, 0.3) is 0 Å². The number of aliphatic hydroxyl groups excluding tert-OH is 1. The quantitative estimate of drug-likeness (QED) is 0.713. The maximum absolute atomic E-state index is 11.8. The van der Waals surface area contributed by atoms with Crippen LogP contribution in [-0.2, 0) is 4.79 Å². The van der Waals surface area contributed by atoms with Crippen LogP contribution in [0.2, 0.25) is 0 Å². The summed E-state index contributed by atoms with van der Waals surface area (Å²) in [7, 11) is 0. The molecule has 0 saturated carbocycles. The van der Waals surface area contributed by atoms with Crippen molar-refractivity contribution in [2.75, 3.05) is 19.8 Å². The number of nitrogens with one attached hydrogen (secondary N) is 1. The lowest BCUT2D eigenvalue weighted by Crippen LogP contribution is -2.34. The van der Waals surface area contributed by atoms with Gasteiger partial charge < -0.3 is 15.2 Å². The number of benzene rings is 1. The molecule has 4 nitrogen and oxygen atoms in total. The molecular formula is C16H24BrNO3. The van der Waals surface area contributed by atoms with Crippen LogP contribution in [0.3, 0.4) is 0 Å². The fourth-order valence-electron chi connectivity index (χ4n) is 1.86. The predicted molar refractivity (Wildman–Crippen MR) is 87.4 cm³/mol. The van der Waals surface area contributed by atoms with Gasteiger partial charge in [-0.3, -0.25) is 4.79 Å². The molecule has 1 amide bonds. The van der Waals surface area contributed by atoms with E-state index >= 15 is 0 Å². The molecule has 0 aromatic heterocycles. The zero-order valence-electron chi connectivity index (χ0n) is 12.7. The Balaban J connectivity index is 2.20. The van der Waals surface area contributed by atoms with E-state index in [1.54, 1.807) is 0 Å². The van der Waals surface area contributed by atoms with Crippen molar-refractivity contribution in [3.05, 3.63) is 28.7 Å².